The predicted molar refractivity (Wildman–Crippen MR) is 78.4 cm³/mol. The Hall–Kier alpha value is -0.350. The summed E-state index contributed by atoms with van der Waals surface area (Å²) in [6.07, 6.45) is 6.31. The standard InChI is InChI=1S/C13H27N3S/c1-4-5-9-14-13(17)16-10-7-6-8-12(16)11-15(2)3/h12H,4-11H2,1-3H3,(H,14,17). The second-order valence-electron chi connectivity index (χ2n) is 5.19. The van der Waals surface area contributed by atoms with Crippen LogP contribution in [0.25, 0.3) is 0 Å². The Labute approximate surface area is 112 Å². The van der Waals surface area contributed by atoms with Crippen molar-refractivity contribution in [2.75, 3.05) is 33.7 Å². The van der Waals surface area contributed by atoms with Crippen LogP contribution in [0.1, 0.15) is 39.0 Å². The second kappa shape index (κ2) is 7.88. The first-order chi connectivity index (χ1) is 8.15. The van der Waals surface area contributed by atoms with Crippen molar-refractivity contribution in [3.8, 4) is 0 Å². The van der Waals surface area contributed by atoms with Gasteiger partial charge in [0.25, 0.3) is 0 Å². The van der Waals surface area contributed by atoms with E-state index in [2.05, 4.69) is 36.1 Å². The predicted octanol–water partition coefficient (Wildman–Crippen LogP) is 2.08. The van der Waals surface area contributed by atoms with Crippen molar-refractivity contribution in [1.82, 2.24) is 15.1 Å². The van der Waals surface area contributed by atoms with E-state index in [1.807, 2.05) is 0 Å². The van der Waals surface area contributed by atoms with Crippen molar-refractivity contribution in [2.24, 2.45) is 0 Å². The van der Waals surface area contributed by atoms with Crippen LogP contribution in [-0.4, -0.2) is 54.7 Å². The molecule has 0 aromatic heterocycles. The molecule has 1 rings (SSSR count). The van der Waals surface area contributed by atoms with Crippen LogP contribution in [0.3, 0.4) is 0 Å². The van der Waals surface area contributed by atoms with Gasteiger partial charge in [-0.15, -0.1) is 0 Å². The average Bonchev–Trinajstić information content (AvgIpc) is 2.29. The lowest BCUT2D eigenvalue weighted by atomic mass is 10.0. The number of nitrogens with one attached hydrogen (secondary N) is 1. The third-order valence-electron chi connectivity index (χ3n) is 3.27. The van der Waals surface area contributed by atoms with Crippen molar-refractivity contribution in [3.05, 3.63) is 0 Å². The van der Waals surface area contributed by atoms with Gasteiger partial charge in [0.05, 0.1) is 0 Å². The number of piperidine rings is 1. The number of unbranched alkanes of at least 4 members (excludes halogenated alkanes) is 1. The van der Waals surface area contributed by atoms with E-state index < -0.39 is 0 Å². The fraction of sp³-hybridized carbons (Fsp3) is 0.923. The Kier molecular flexibility index (Phi) is 6.82. The molecule has 100 valence electrons. The normalized spacial score (nSPS) is 20.7. The molecule has 1 aliphatic heterocycles. The van der Waals surface area contributed by atoms with E-state index in [0.717, 1.165) is 24.7 Å². The number of nitrogens with zero attached hydrogens (tertiary/aromatic N) is 2. The third-order valence-corrected chi connectivity index (χ3v) is 3.65. The van der Waals surface area contributed by atoms with E-state index in [9.17, 15) is 0 Å². The van der Waals surface area contributed by atoms with Crippen molar-refractivity contribution in [3.63, 3.8) is 0 Å². The third kappa shape index (κ3) is 5.21. The van der Waals surface area contributed by atoms with Crippen LogP contribution < -0.4 is 5.32 Å². The van der Waals surface area contributed by atoms with Crippen molar-refractivity contribution in [1.29, 1.82) is 0 Å². The first kappa shape index (κ1) is 14.7. The maximum absolute atomic E-state index is 5.51. The number of hydrogen-bond donors (Lipinski definition) is 1. The van der Waals surface area contributed by atoms with Gasteiger partial charge in [0, 0.05) is 25.7 Å². The Morgan fingerprint density at radius 3 is 2.82 bits per heavy atom. The number of likely N-dealkylation sites (tertiary alicyclic amines) is 1. The summed E-state index contributed by atoms with van der Waals surface area (Å²) < 4.78 is 0. The van der Waals surface area contributed by atoms with Crippen molar-refractivity contribution < 1.29 is 0 Å². The highest BCUT2D eigenvalue weighted by molar-refractivity contribution is 7.80. The lowest BCUT2D eigenvalue weighted by molar-refractivity contribution is 0.193. The second-order valence-corrected chi connectivity index (χ2v) is 5.58. The highest BCUT2D eigenvalue weighted by Gasteiger charge is 2.24. The monoisotopic (exact) mass is 257 g/mol. The smallest absolute Gasteiger partial charge is 0.169 e. The summed E-state index contributed by atoms with van der Waals surface area (Å²) in [5, 5.41) is 4.36. The fourth-order valence-corrected chi connectivity index (χ4v) is 2.70. The van der Waals surface area contributed by atoms with Gasteiger partial charge >= 0.3 is 0 Å². The molecule has 4 heteroatoms. The van der Waals surface area contributed by atoms with Crippen molar-refractivity contribution >= 4 is 17.3 Å². The van der Waals surface area contributed by atoms with E-state index in [0.29, 0.717) is 6.04 Å². The van der Waals surface area contributed by atoms with Gasteiger partial charge in [-0.2, -0.15) is 0 Å². The highest BCUT2D eigenvalue weighted by atomic mass is 32.1. The fourth-order valence-electron chi connectivity index (χ4n) is 2.35. The highest BCUT2D eigenvalue weighted by Crippen LogP contribution is 2.17. The molecule has 0 aromatic rings. The molecule has 3 nitrogen and oxygen atoms in total. The molecule has 1 unspecified atom stereocenters. The largest absolute Gasteiger partial charge is 0.363 e. The van der Waals surface area contributed by atoms with Crippen molar-refractivity contribution in [2.45, 2.75) is 45.1 Å². The molecule has 0 spiro atoms. The lowest BCUT2D eigenvalue weighted by Crippen LogP contribution is -2.52. The summed E-state index contributed by atoms with van der Waals surface area (Å²) in [4.78, 5) is 4.66. The molecule has 0 amide bonds. The number of hydrogen-bond acceptors (Lipinski definition) is 2. The number of rotatable bonds is 5. The van der Waals surface area contributed by atoms with Gasteiger partial charge in [-0.05, 0) is 52.0 Å². The Bertz CT molecular complexity index is 231. The van der Waals surface area contributed by atoms with Gasteiger partial charge in [-0.25, -0.2) is 0 Å². The van der Waals surface area contributed by atoms with Crippen LogP contribution in [0, 0.1) is 0 Å². The van der Waals surface area contributed by atoms with E-state index in [4.69, 9.17) is 12.2 Å². The van der Waals surface area contributed by atoms with E-state index >= 15 is 0 Å². The Balaban J connectivity index is 2.43. The maximum atomic E-state index is 5.51. The zero-order chi connectivity index (χ0) is 12.7. The van der Waals surface area contributed by atoms with Crippen LogP contribution >= 0.6 is 12.2 Å². The molecule has 0 bridgehead atoms. The van der Waals surface area contributed by atoms with E-state index in [-0.39, 0.29) is 0 Å². The van der Waals surface area contributed by atoms with Crippen LogP contribution in [-0.2, 0) is 0 Å². The minimum atomic E-state index is 0.598. The van der Waals surface area contributed by atoms with Gasteiger partial charge in [0.2, 0.25) is 0 Å². The first-order valence-corrected chi connectivity index (χ1v) is 7.25. The Morgan fingerprint density at radius 2 is 2.18 bits per heavy atom. The topological polar surface area (TPSA) is 18.5 Å². The quantitative estimate of drug-likeness (QED) is 0.600. The van der Waals surface area contributed by atoms with Gasteiger partial charge < -0.3 is 15.1 Å². The maximum Gasteiger partial charge on any atom is 0.169 e. The molecule has 1 atom stereocenters. The van der Waals surface area contributed by atoms with Gasteiger partial charge in [0.15, 0.2) is 5.11 Å². The number of likely N-dealkylation sites (N-methyl/N-ethyl adjacent to an activating group) is 1. The zero-order valence-electron chi connectivity index (χ0n) is 11.5. The molecular weight excluding hydrogens is 230 g/mol. The van der Waals surface area contributed by atoms with E-state index in [1.54, 1.807) is 0 Å². The first-order valence-electron chi connectivity index (χ1n) is 6.84. The zero-order valence-corrected chi connectivity index (χ0v) is 12.4. The summed E-state index contributed by atoms with van der Waals surface area (Å²) in [6, 6.07) is 0.598. The molecule has 1 aliphatic rings. The van der Waals surface area contributed by atoms with Crippen LogP contribution in [0.2, 0.25) is 0 Å². The molecule has 0 saturated carbocycles. The van der Waals surface area contributed by atoms with Crippen LogP contribution in [0.4, 0.5) is 0 Å². The minimum Gasteiger partial charge on any atom is -0.363 e. The Morgan fingerprint density at radius 1 is 1.41 bits per heavy atom. The van der Waals surface area contributed by atoms with Crippen LogP contribution in [0.15, 0.2) is 0 Å². The summed E-state index contributed by atoms with van der Waals surface area (Å²) in [5.74, 6) is 0. The molecule has 1 N–H and O–H groups in total. The molecule has 1 saturated heterocycles. The summed E-state index contributed by atoms with van der Waals surface area (Å²) in [5.41, 5.74) is 0. The van der Waals surface area contributed by atoms with E-state index in [1.165, 1.54) is 32.1 Å². The molecular formula is C13H27N3S. The minimum absolute atomic E-state index is 0.598. The molecule has 1 fully saturated rings. The van der Waals surface area contributed by atoms with Gasteiger partial charge in [-0.3, -0.25) is 0 Å². The molecule has 0 aliphatic carbocycles. The summed E-state index contributed by atoms with van der Waals surface area (Å²) >= 11 is 5.51. The molecule has 0 aromatic carbocycles. The SMILES string of the molecule is CCCCNC(=S)N1CCCCC1CN(C)C. The average molecular weight is 257 g/mol. The summed E-state index contributed by atoms with van der Waals surface area (Å²) in [6.45, 7) is 5.45. The lowest BCUT2D eigenvalue weighted by Gasteiger charge is -2.39. The van der Waals surface area contributed by atoms with Gasteiger partial charge in [0.1, 0.15) is 0 Å². The molecule has 0 radical (unpaired) electrons. The number of thiocarbonyl (C=S) groups is 1. The van der Waals surface area contributed by atoms with Crippen LogP contribution in [0.5, 0.6) is 0 Å². The summed E-state index contributed by atoms with van der Waals surface area (Å²) in [7, 11) is 4.28. The molecule has 17 heavy (non-hydrogen) atoms. The van der Waals surface area contributed by atoms with Gasteiger partial charge in [-0.1, -0.05) is 13.3 Å². The molecule has 1 heterocycles.